The van der Waals surface area contributed by atoms with Gasteiger partial charge in [0.15, 0.2) is 0 Å². The van der Waals surface area contributed by atoms with E-state index in [9.17, 15) is 18.0 Å². The fourth-order valence-electron chi connectivity index (χ4n) is 4.24. The summed E-state index contributed by atoms with van der Waals surface area (Å²) in [5.41, 5.74) is 2.31. The van der Waals surface area contributed by atoms with E-state index < -0.39 is 16.1 Å². The molecule has 1 saturated heterocycles. The lowest BCUT2D eigenvalue weighted by molar-refractivity contribution is -0.134. The van der Waals surface area contributed by atoms with Crippen LogP contribution in [0.25, 0.3) is 0 Å². The summed E-state index contributed by atoms with van der Waals surface area (Å²) in [6.45, 7) is 7.56. The van der Waals surface area contributed by atoms with Gasteiger partial charge in [-0.2, -0.15) is 0 Å². The van der Waals surface area contributed by atoms with Crippen LogP contribution in [0.15, 0.2) is 58.4 Å². The summed E-state index contributed by atoms with van der Waals surface area (Å²) in [6.07, 6.45) is 0.920. The third kappa shape index (κ3) is 4.70. The second-order valence-corrected chi connectivity index (χ2v) is 10.6. The number of rotatable bonds is 5. The Labute approximate surface area is 200 Å². The predicted octanol–water partition coefficient (Wildman–Crippen LogP) is 2.30. The van der Waals surface area contributed by atoms with Gasteiger partial charge in [0.1, 0.15) is 11.9 Å². The monoisotopic (exact) mass is 482 g/mol. The van der Waals surface area contributed by atoms with Gasteiger partial charge in [-0.25, -0.2) is 8.42 Å². The van der Waals surface area contributed by atoms with Crippen molar-refractivity contribution in [2.24, 2.45) is 10.9 Å². The van der Waals surface area contributed by atoms with Crippen LogP contribution in [-0.2, 0) is 21.2 Å². The normalized spacial score (nSPS) is 19.1. The van der Waals surface area contributed by atoms with E-state index in [4.69, 9.17) is 0 Å². The second kappa shape index (κ2) is 9.58. The smallest absolute Gasteiger partial charge is 0.263 e. The lowest BCUT2D eigenvalue weighted by Crippen LogP contribution is -2.53. The first-order chi connectivity index (χ1) is 16.2. The Hall–Kier alpha value is -3.20. The largest absolute Gasteiger partial charge is 0.337 e. The summed E-state index contributed by atoms with van der Waals surface area (Å²) in [4.78, 5) is 34.4. The highest BCUT2D eigenvalue weighted by molar-refractivity contribution is 7.90. The highest BCUT2D eigenvalue weighted by atomic mass is 32.2. The lowest BCUT2D eigenvalue weighted by atomic mass is 10.0. The molecule has 0 radical (unpaired) electrons. The lowest BCUT2D eigenvalue weighted by Gasteiger charge is -2.36. The van der Waals surface area contributed by atoms with Crippen LogP contribution in [-0.4, -0.2) is 68.1 Å². The molecule has 0 unspecified atom stereocenters. The molecule has 0 bridgehead atoms. The number of amidine groups is 1. The number of benzene rings is 2. The highest BCUT2D eigenvalue weighted by Crippen LogP contribution is 2.24. The first-order valence-electron chi connectivity index (χ1n) is 11.6. The van der Waals surface area contributed by atoms with Crippen LogP contribution < -0.4 is 4.72 Å². The molecule has 180 valence electrons. The first kappa shape index (κ1) is 23.9. The Balaban J connectivity index is 1.46. The van der Waals surface area contributed by atoms with Gasteiger partial charge in [-0.05, 0) is 42.2 Å². The molecular weight excluding hydrogens is 452 g/mol. The first-order valence-corrected chi connectivity index (χ1v) is 13.1. The number of nitrogens with zero attached hydrogens (tertiary/aromatic N) is 3. The summed E-state index contributed by atoms with van der Waals surface area (Å²) in [6, 6.07) is 13.5. The van der Waals surface area contributed by atoms with Crippen molar-refractivity contribution in [1.29, 1.82) is 0 Å². The zero-order valence-corrected chi connectivity index (χ0v) is 20.5. The van der Waals surface area contributed by atoms with Crippen LogP contribution >= 0.6 is 0 Å². The number of aliphatic imine (C=N–C) groups is 1. The molecule has 9 heteroatoms. The minimum atomic E-state index is -3.67. The minimum absolute atomic E-state index is 0.0348. The van der Waals surface area contributed by atoms with Crippen molar-refractivity contribution in [1.82, 2.24) is 14.5 Å². The van der Waals surface area contributed by atoms with Gasteiger partial charge in [-0.3, -0.25) is 19.3 Å². The van der Waals surface area contributed by atoms with E-state index in [0.717, 1.165) is 6.42 Å². The summed E-state index contributed by atoms with van der Waals surface area (Å²) in [7, 11) is -3.67. The van der Waals surface area contributed by atoms with Crippen molar-refractivity contribution >= 4 is 27.7 Å². The molecule has 8 nitrogen and oxygen atoms in total. The van der Waals surface area contributed by atoms with Crippen LogP contribution in [0.2, 0.25) is 0 Å². The molecule has 34 heavy (non-hydrogen) atoms. The predicted molar refractivity (Wildman–Crippen MR) is 130 cm³/mol. The van der Waals surface area contributed by atoms with Gasteiger partial charge < -0.3 is 9.80 Å². The van der Waals surface area contributed by atoms with Crippen molar-refractivity contribution in [3.05, 3.63) is 65.2 Å². The Kier molecular flexibility index (Phi) is 6.74. The molecule has 1 fully saturated rings. The molecule has 2 amide bonds. The van der Waals surface area contributed by atoms with E-state index in [1.54, 1.807) is 28.0 Å². The molecule has 1 atom stereocenters. The standard InChI is InChI=1S/C25H30N4O4S/c1-4-18-9-11-19(12-10-18)24(30)28-13-15-29(16-14-28)25(31)22(17(2)3)26-23-20-7-5-6-8-21(20)34(32,33)27-23/h5-12,17,22H,4,13-16H2,1-3H3,(H,26,27)/t22-/m0/s1. The second-order valence-electron chi connectivity index (χ2n) is 8.94. The summed E-state index contributed by atoms with van der Waals surface area (Å²) < 4.78 is 27.3. The van der Waals surface area contributed by atoms with Crippen LogP contribution in [0, 0.1) is 5.92 Å². The Morgan fingerprint density at radius 1 is 0.971 bits per heavy atom. The average Bonchev–Trinajstić information content (AvgIpc) is 3.11. The number of hydrogen-bond donors (Lipinski definition) is 1. The molecule has 1 N–H and O–H groups in total. The molecule has 0 saturated carbocycles. The van der Waals surface area contributed by atoms with E-state index in [-0.39, 0.29) is 28.5 Å². The van der Waals surface area contributed by atoms with Crippen LogP contribution in [0.3, 0.4) is 0 Å². The van der Waals surface area contributed by atoms with Gasteiger partial charge in [-0.15, -0.1) is 0 Å². The third-order valence-electron chi connectivity index (χ3n) is 6.30. The zero-order valence-electron chi connectivity index (χ0n) is 19.7. The maximum Gasteiger partial charge on any atom is 0.263 e. The molecule has 2 aliphatic heterocycles. The summed E-state index contributed by atoms with van der Waals surface area (Å²) in [5, 5.41) is 0. The molecule has 0 spiro atoms. The third-order valence-corrected chi connectivity index (χ3v) is 7.70. The number of amides is 2. The van der Waals surface area contributed by atoms with Crippen molar-refractivity contribution in [3.63, 3.8) is 0 Å². The van der Waals surface area contributed by atoms with Gasteiger partial charge in [0.2, 0.25) is 5.91 Å². The fourth-order valence-corrected chi connectivity index (χ4v) is 5.48. The number of hydrogen-bond acceptors (Lipinski definition) is 5. The number of fused-ring (bicyclic) bond motifs is 1. The Morgan fingerprint density at radius 3 is 2.21 bits per heavy atom. The van der Waals surface area contributed by atoms with E-state index in [1.165, 1.54) is 11.6 Å². The zero-order chi connectivity index (χ0) is 24.5. The van der Waals surface area contributed by atoms with Gasteiger partial charge in [-0.1, -0.05) is 45.0 Å². The van der Waals surface area contributed by atoms with Gasteiger partial charge in [0, 0.05) is 37.3 Å². The number of carbonyl (C=O) groups is 2. The van der Waals surface area contributed by atoms with Crippen molar-refractivity contribution in [3.8, 4) is 0 Å². The molecule has 2 aliphatic rings. The molecule has 0 aliphatic carbocycles. The fraction of sp³-hybridized carbons (Fsp3) is 0.400. The molecule has 2 heterocycles. The molecular formula is C25H30N4O4S. The van der Waals surface area contributed by atoms with Crippen molar-refractivity contribution in [2.75, 3.05) is 26.2 Å². The van der Waals surface area contributed by atoms with Crippen LogP contribution in [0.4, 0.5) is 0 Å². The van der Waals surface area contributed by atoms with E-state index in [0.29, 0.717) is 37.3 Å². The number of aryl methyl sites for hydroxylation is 1. The van der Waals surface area contributed by atoms with Crippen molar-refractivity contribution < 1.29 is 18.0 Å². The Bertz CT molecular complexity index is 1210. The van der Waals surface area contributed by atoms with Gasteiger partial charge >= 0.3 is 0 Å². The number of sulfonamides is 1. The minimum Gasteiger partial charge on any atom is -0.337 e. The van der Waals surface area contributed by atoms with E-state index >= 15 is 0 Å². The maximum atomic E-state index is 13.4. The SMILES string of the molecule is CCc1ccc(C(=O)N2CCN(C(=O)[C@@H](N=C3NS(=O)(=O)c4ccccc43)C(C)C)CC2)cc1. The van der Waals surface area contributed by atoms with E-state index in [1.807, 2.05) is 38.1 Å². The average molecular weight is 483 g/mol. The molecule has 0 aromatic heterocycles. The van der Waals surface area contributed by atoms with Crippen LogP contribution in [0.1, 0.15) is 42.3 Å². The van der Waals surface area contributed by atoms with Gasteiger partial charge in [0.05, 0.1) is 4.90 Å². The highest BCUT2D eigenvalue weighted by Gasteiger charge is 2.35. The number of carbonyl (C=O) groups excluding carboxylic acids is 2. The summed E-state index contributed by atoms with van der Waals surface area (Å²) >= 11 is 0. The van der Waals surface area contributed by atoms with E-state index in [2.05, 4.69) is 16.6 Å². The summed E-state index contributed by atoms with van der Waals surface area (Å²) in [5.74, 6) is -0.126. The number of nitrogens with one attached hydrogen (secondary N) is 1. The van der Waals surface area contributed by atoms with Gasteiger partial charge in [0.25, 0.3) is 15.9 Å². The molecule has 2 aromatic carbocycles. The molecule has 4 rings (SSSR count). The van der Waals surface area contributed by atoms with Crippen molar-refractivity contribution in [2.45, 2.75) is 38.1 Å². The number of piperazine rings is 1. The maximum absolute atomic E-state index is 13.4. The molecule has 2 aromatic rings. The quantitative estimate of drug-likeness (QED) is 0.707. The Morgan fingerprint density at radius 2 is 1.59 bits per heavy atom. The topological polar surface area (TPSA) is 99.2 Å². The van der Waals surface area contributed by atoms with Crippen LogP contribution in [0.5, 0.6) is 0 Å².